The van der Waals surface area contributed by atoms with E-state index < -0.39 is 10.0 Å². The number of aryl methyl sites for hydroxylation is 2. The molecule has 1 aromatic heterocycles. The Labute approximate surface area is 172 Å². The van der Waals surface area contributed by atoms with Gasteiger partial charge in [0.05, 0.1) is 5.92 Å². The topological polar surface area (TPSA) is 102 Å². The van der Waals surface area contributed by atoms with E-state index in [4.69, 9.17) is 9.26 Å². The molecule has 1 aromatic rings. The number of sulfonamides is 1. The second-order valence-electron chi connectivity index (χ2n) is 8.82. The molecule has 3 aliphatic rings. The Kier molecular flexibility index (Phi) is 5.74. The van der Waals surface area contributed by atoms with E-state index in [1.807, 2.05) is 0 Å². The summed E-state index contributed by atoms with van der Waals surface area (Å²) in [6, 6.07) is 0.210. The molecule has 29 heavy (non-hydrogen) atoms. The summed E-state index contributed by atoms with van der Waals surface area (Å²) < 4.78 is 38.9. The number of hydrogen-bond donors (Lipinski definition) is 1. The molecule has 162 valence electrons. The highest BCUT2D eigenvalue weighted by atomic mass is 32.2. The predicted octanol–water partition coefficient (Wildman–Crippen LogP) is 2.16. The minimum Gasteiger partial charge on any atom is -0.381 e. The highest BCUT2D eigenvalue weighted by molar-refractivity contribution is 7.89. The first kappa shape index (κ1) is 20.8. The number of aromatic nitrogens is 1. The van der Waals surface area contributed by atoms with Crippen molar-refractivity contribution < 1.29 is 22.5 Å². The number of ether oxygens (including phenoxy) is 1. The third-order valence-electron chi connectivity index (χ3n) is 6.94. The van der Waals surface area contributed by atoms with Gasteiger partial charge < -0.3 is 14.6 Å². The largest absolute Gasteiger partial charge is 0.381 e. The lowest BCUT2D eigenvalue weighted by Gasteiger charge is -2.38. The Hall–Kier alpha value is -1.45. The van der Waals surface area contributed by atoms with Gasteiger partial charge in [0.25, 0.3) is 0 Å². The van der Waals surface area contributed by atoms with Crippen molar-refractivity contribution >= 4 is 15.9 Å². The Bertz CT molecular complexity index is 834. The van der Waals surface area contributed by atoms with E-state index in [1.165, 1.54) is 10.7 Å². The zero-order valence-corrected chi connectivity index (χ0v) is 18.1. The summed E-state index contributed by atoms with van der Waals surface area (Å²) in [5.74, 6) is -0.0718. The number of amides is 1. The van der Waals surface area contributed by atoms with Gasteiger partial charge in [-0.15, -0.1) is 0 Å². The summed E-state index contributed by atoms with van der Waals surface area (Å²) in [5.41, 5.74) is -0.0121. The van der Waals surface area contributed by atoms with Crippen LogP contribution in [0, 0.1) is 25.2 Å². The van der Waals surface area contributed by atoms with Crippen LogP contribution in [0.1, 0.15) is 56.4 Å². The molecule has 1 spiro atoms. The fraction of sp³-hybridized carbons (Fsp3) is 0.800. The molecule has 1 N–H and O–H groups in total. The van der Waals surface area contributed by atoms with E-state index in [0.717, 1.165) is 25.7 Å². The molecule has 4 rings (SSSR count). The zero-order valence-electron chi connectivity index (χ0n) is 17.3. The number of carbonyl (C=O) groups excluding carboxylic acids is 1. The van der Waals surface area contributed by atoms with Crippen molar-refractivity contribution in [3.8, 4) is 0 Å². The highest BCUT2D eigenvalue weighted by Crippen LogP contribution is 2.46. The maximum absolute atomic E-state index is 13.4. The van der Waals surface area contributed by atoms with Crippen LogP contribution in [0.5, 0.6) is 0 Å². The summed E-state index contributed by atoms with van der Waals surface area (Å²) in [5, 5.41) is 7.04. The monoisotopic (exact) mass is 425 g/mol. The maximum atomic E-state index is 13.4. The Morgan fingerprint density at radius 3 is 2.48 bits per heavy atom. The second-order valence-corrected chi connectivity index (χ2v) is 10.7. The fourth-order valence-electron chi connectivity index (χ4n) is 5.27. The number of hydrogen-bond acceptors (Lipinski definition) is 6. The van der Waals surface area contributed by atoms with Crippen LogP contribution in [0.25, 0.3) is 0 Å². The van der Waals surface area contributed by atoms with Gasteiger partial charge in [-0.1, -0.05) is 24.4 Å². The molecular weight excluding hydrogens is 394 g/mol. The molecule has 1 atom stereocenters. The predicted molar refractivity (Wildman–Crippen MR) is 106 cm³/mol. The molecule has 1 saturated carbocycles. The number of nitrogens with zero attached hydrogens (tertiary/aromatic N) is 2. The van der Waals surface area contributed by atoms with Crippen molar-refractivity contribution in [3.05, 3.63) is 11.5 Å². The molecule has 2 aliphatic heterocycles. The van der Waals surface area contributed by atoms with E-state index in [9.17, 15) is 13.2 Å². The van der Waals surface area contributed by atoms with Gasteiger partial charge in [-0.2, -0.15) is 4.31 Å². The maximum Gasteiger partial charge on any atom is 0.248 e. The van der Waals surface area contributed by atoms with Crippen LogP contribution in [0.4, 0.5) is 0 Å². The van der Waals surface area contributed by atoms with Crippen molar-refractivity contribution in [1.29, 1.82) is 0 Å². The normalized spacial score (nSPS) is 26.1. The minimum atomic E-state index is -3.78. The molecule has 9 heteroatoms. The lowest BCUT2D eigenvalue weighted by atomic mass is 9.71. The SMILES string of the molecule is Cc1noc(C)c1S(=O)(=O)N1CC(C(=O)NC2CCCCC2)C2(CCOCC2)C1. The van der Waals surface area contributed by atoms with E-state index >= 15 is 0 Å². The molecule has 0 bridgehead atoms. The lowest BCUT2D eigenvalue weighted by molar-refractivity contribution is -0.130. The van der Waals surface area contributed by atoms with Crippen LogP contribution in [0.2, 0.25) is 0 Å². The van der Waals surface area contributed by atoms with Crippen LogP contribution in [0.15, 0.2) is 9.42 Å². The fourth-order valence-corrected chi connectivity index (χ4v) is 7.11. The van der Waals surface area contributed by atoms with E-state index in [1.54, 1.807) is 13.8 Å². The Balaban J connectivity index is 1.59. The van der Waals surface area contributed by atoms with E-state index in [2.05, 4.69) is 10.5 Å². The van der Waals surface area contributed by atoms with Gasteiger partial charge in [0.1, 0.15) is 10.6 Å². The van der Waals surface area contributed by atoms with Crippen LogP contribution >= 0.6 is 0 Å². The second kappa shape index (κ2) is 8.00. The average molecular weight is 426 g/mol. The molecule has 3 heterocycles. The van der Waals surface area contributed by atoms with Gasteiger partial charge in [-0.25, -0.2) is 8.42 Å². The zero-order chi connectivity index (χ0) is 20.6. The standard InChI is InChI=1S/C20H31N3O5S/c1-14-18(15(2)28-22-14)29(25,26)23-12-17(20(13-23)8-10-27-11-9-20)19(24)21-16-6-4-3-5-7-16/h16-17H,3-13H2,1-2H3,(H,21,24). The third-order valence-corrected chi connectivity index (χ3v) is 9.00. The number of nitrogens with one attached hydrogen (secondary N) is 1. The van der Waals surface area contributed by atoms with Crippen LogP contribution in [0.3, 0.4) is 0 Å². The summed E-state index contributed by atoms with van der Waals surface area (Å²) in [7, 11) is -3.78. The summed E-state index contributed by atoms with van der Waals surface area (Å²) in [4.78, 5) is 13.4. The van der Waals surface area contributed by atoms with Gasteiger partial charge in [0.2, 0.25) is 15.9 Å². The number of carbonyl (C=O) groups is 1. The van der Waals surface area contributed by atoms with Gasteiger partial charge in [0, 0.05) is 37.8 Å². The van der Waals surface area contributed by atoms with Crippen LogP contribution in [-0.4, -0.2) is 56.1 Å². The van der Waals surface area contributed by atoms with Crippen molar-refractivity contribution in [2.45, 2.75) is 69.7 Å². The molecule has 3 fully saturated rings. The summed E-state index contributed by atoms with van der Waals surface area (Å²) >= 11 is 0. The summed E-state index contributed by atoms with van der Waals surface area (Å²) in [6.45, 7) is 4.91. The minimum absolute atomic E-state index is 0.00439. The van der Waals surface area contributed by atoms with Gasteiger partial charge in [0.15, 0.2) is 5.76 Å². The first-order valence-corrected chi connectivity index (χ1v) is 12.1. The summed E-state index contributed by atoms with van der Waals surface area (Å²) in [6.07, 6.45) is 6.92. The molecular formula is C20H31N3O5S. The van der Waals surface area contributed by atoms with E-state index in [-0.39, 0.29) is 34.7 Å². The average Bonchev–Trinajstić information content (AvgIpc) is 3.24. The molecule has 8 nitrogen and oxygen atoms in total. The van der Waals surface area contributed by atoms with Crippen LogP contribution in [-0.2, 0) is 19.6 Å². The van der Waals surface area contributed by atoms with Crippen molar-refractivity contribution in [2.75, 3.05) is 26.3 Å². The molecule has 0 aromatic carbocycles. The molecule has 2 saturated heterocycles. The number of rotatable bonds is 4. The third kappa shape index (κ3) is 3.84. The first-order chi connectivity index (χ1) is 13.8. The van der Waals surface area contributed by atoms with Crippen molar-refractivity contribution in [1.82, 2.24) is 14.8 Å². The van der Waals surface area contributed by atoms with Gasteiger partial charge in [-0.3, -0.25) is 4.79 Å². The molecule has 1 aliphatic carbocycles. The first-order valence-electron chi connectivity index (χ1n) is 10.6. The Morgan fingerprint density at radius 2 is 1.86 bits per heavy atom. The molecule has 0 radical (unpaired) electrons. The smallest absolute Gasteiger partial charge is 0.248 e. The van der Waals surface area contributed by atoms with Crippen molar-refractivity contribution in [3.63, 3.8) is 0 Å². The molecule has 1 unspecified atom stereocenters. The van der Waals surface area contributed by atoms with Crippen molar-refractivity contribution in [2.24, 2.45) is 11.3 Å². The Morgan fingerprint density at radius 1 is 1.17 bits per heavy atom. The quantitative estimate of drug-likeness (QED) is 0.793. The lowest BCUT2D eigenvalue weighted by Crippen LogP contribution is -2.47. The van der Waals surface area contributed by atoms with E-state index in [0.29, 0.717) is 44.1 Å². The van der Waals surface area contributed by atoms with Gasteiger partial charge >= 0.3 is 0 Å². The molecule has 1 amide bonds. The highest BCUT2D eigenvalue weighted by Gasteiger charge is 2.54. The van der Waals surface area contributed by atoms with Gasteiger partial charge in [-0.05, 0) is 39.5 Å². The van der Waals surface area contributed by atoms with Crippen LogP contribution < -0.4 is 5.32 Å².